The average Bonchev–Trinajstić information content (AvgIpc) is 3.09. The van der Waals surface area contributed by atoms with Crippen LogP contribution in [-0.4, -0.2) is 27.4 Å². The van der Waals surface area contributed by atoms with Gasteiger partial charge in [-0.05, 0) is 51.1 Å². The number of aryl methyl sites for hydroxylation is 2. The predicted octanol–water partition coefficient (Wildman–Crippen LogP) is 5.07. The molecule has 5 nitrogen and oxygen atoms in total. The number of carbonyl (C=O) groups is 2. The molecule has 150 valence electrons. The molecule has 3 aromatic carbocycles. The lowest BCUT2D eigenvalue weighted by Crippen LogP contribution is -2.24. The van der Waals surface area contributed by atoms with E-state index in [2.05, 4.69) is 4.98 Å². The van der Waals surface area contributed by atoms with E-state index in [-0.39, 0.29) is 5.78 Å². The number of fused-ring (bicyclic) bond motifs is 1. The summed E-state index contributed by atoms with van der Waals surface area (Å²) < 4.78 is 7.47. The van der Waals surface area contributed by atoms with E-state index in [1.54, 1.807) is 31.2 Å². The highest BCUT2D eigenvalue weighted by molar-refractivity contribution is 6.02. The predicted molar refractivity (Wildman–Crippen MR) is 116 cm³/mol. The van der Waals surface area contributed by atoms with E-state index in [4.69, 9.17) is 4.74 Å². The van der Waals surface area contributed by atoms with E-state index >= 15 is 0 Å². The second kappa shape index (κ2) is 7.95. The molecular weight excluding hydrogens is 376 g/mol. The number of nitrogens with zero attached hydrogens (tertiary/aromatic N) is 2. The molecule has 0 aliphatic carbocycles. The fraction of sp³-hybridized carbons (Fsp3) is 0.160. The van der Waals surface area contributed by atoms with Gasteiger partial charge in [0.15, 0.2) is 6.10 Å². The number of rotatable bonds is 5. The molecule has 0 bridgehead atoms. The zero-order valence-corrected chi connectivity index (χ0v) is 17.1. The molecular formula is C25H22N2O3. The largest absolute Gasteiger partial charge is 0.451 e. The van der Waals surface area contributed by atoms with Crippen molar-refractivity contribution in [3.05, 3.63) is 95.3 Å². The fourth-order valence-electron chi connectivity index (χ4n) is 3.47. The summed E-state index contributed by atoms with van der Waals surface area (Å²) in [5, 5.41) is 0. The standard InChI is InChI=1S/C25H22N2O3/c1-16-9-11-19(12-10-16)24(28)17(2)30-25(29)20-13-14-23-22(15-20)26-18(3)27(23)21-7-5-4-6-8-21/h4-15,17H,1-3H3/t17-/m0/s1. The highest BCUT2D eigenvalue weighted by atomic mass is 16.5. The van der Waals surface area contributed by atoms with Crippen LogP contribution in [0.2, 0.25) is 0 Å². The van der Waals surface area contributed by atoms with E-state index in [9.17, 15) is 9.59 Å². The van der Waals surface area contributed by atoms with E-state index in [1.165, 1.54) is 0 Å². The topological polar surface area (TPSA) is 61.2 Å². The maximum absolute atomic E-state index is 12.6. The van der Waals surface area contributed by atoms with Gasteiger partial charge in [0, 0.05) is 11.3 Å². The summed E-state index contributed by atoms with van der Waals surface area (Å²) in [5.74, 6) is 0.0510. The number of para-hydroxylation sites is 1. The maximum Gasteiger partial charge on any atom is 0.338 e. The number of imidazole rings is 1. The van der Waals surface area contributed by atoms with Gasteiger partial charge in [-0.15, -0.1) is 0 Å². The minimum Gasteiger partial charge on any atom is -0.451 e. The molecule has 0 aliphatic heterocycles. The number of ether oxygens (including phenoxy) is 1. The fourth-order valence-corrected chi connectivity index (χ4v) is 3.47. The van der Waals surface area contributed by atoms with Crippen LogP contribution < -0.4 is 0 Å². The zero-order chi connectivity index (χ0) is 21.3. The molecule has 0 saturated heterocycles. The number of hydrogen-bond acceptors (Lipinski definition) is 4. The Morgan fingerprint density at radius 2 is 1.57 bits per heavy atom. The van der Waals surface area contributed by atoms with Crippen LogP contribution in [0.1, 0.15) is 39.0 Å². The van der Waals surface area contributed by atoms with Gasteiger partial charge in [-0.2, -0.15) is 0 Å². The van der Waals surface area contributed by atoms with Gasteiger partial charge >= 0.3 is 5.97 Å². The van der Waals surface area contributed by atoms with Gasteiger partial charge in [0.2, 0.25) is 5.78 Å². The third kappa shape index (κ3) is 3.74. The Morgan fingerprint density at radius 1 is 0.900 bits per heavy atom. The van der Waals surface area contributed by atoms with E-state index in [1.807, 2.05) is 66.9 Å². The molecule has 0 spiro atoms. The van der Waals surface area contributed by atoms with Crippen molar-refractivity contribution >= 4 is 22.8 Å². The van der Waals surface area contributed by atoms with E-state index in [0.29, 0.717) is 16.6 Å². The maximum atomic E-state index is 12.6. The van der Waals surface area contributed by atoms with Gasteiger partial charge in [-0.3, -0.25) is 9.36 Å². The minimum absolute atomic E-state index is 0.228. The third-order valence-electron chi connectivity index (χ3n) is 5.06. The quantitative estimate of drug-likeness (QED) is 0.348. The van der Waals surface area contributed by atoms with Crippen molar-refractivity contribution in [2.45, 2.75) is 26.9 Å². The molecule has 1 aromatic heterocycles. The summed E-state index contributed by atoms with van der Waals surface area (Å²) in [6, 6.07) is 22.4. The van der Waals surface area contributed by atoms with E-state index < -0.39 is 12.1 Å². The van der Waals surface area contributed by atoms with Gasteiger partial charge < -0.3 is 4.74 Å². The van der Waals surface area contributed by atoms with Crippen LogP contribution in [0, 0.1) is 13.8 Å². The monoisotopic (exact) mass is 398 g/mol. The molecule has 5 heteroatoms. The molecule has 0 radical (unpaired) electrons. The second-order valence-corrected chi connectivity index (χ2v) is 7.31. The number of aromatic nitrogens is 2. The van der Waals surface area contributed by atoms with Crippen LogP contribution in [0.5, 0.6) is 0 Å². The number of benzene rings is 3. The number of hydrogen-bond donors (Lipinski definition) is 0. The Bertz CT molecular complexity index is 1220. The summed E-state index contributed by atoms with van der Waals surface area (Å²) in [6.45, 7) is 5.47. The second-order valence-electron chi connectivity index (χ2n) is 7.31. The zero-order valence-electron chi connectivity index (χ0n) is 17.1. The Balaban J connectivity index is 1.56. The van der Waals surface area contributed by atoms with Crippen molar-refractivity contribution in [2.75, 3.05) is 0 Å². The lowest BCUT2D eigenvalue weighted by Gasteiger charge is -2.13. The Morgan fingerprint density at radius 3 is 2.27 bits per heavy atom. The molecule has 0 amide bonds. The molecule has 0 fully saturated rings. The van der Waals surface area contributed by atoms with Crippen molar-refractivity contribution in [1.82, 2.24) is 9.55 Å². The Labute approximate surface area is 174 Å². The summed E-state index contributed by atoms with van der Waals surface area (Å²) in [4.78, 5) is 29.8. The summed E-state index contributed by atoms with van der Waals surface area (Å²) >= 11 is 0. The highest BCUT2D eigenvalue weighted by Gasteiger charge is 2.21. The normalized spacial score (nSPS) is 12.0. The molecule has 0 unspecified atom stereocenters. The van der Waals surface area contributed by atoms with Crippen molar-refractivity contribution in [3.8, 4) is 5.69 Å². The number of ketones is 1. The van der Waals surface area contributed by atoms with Crippen molar-refractivity contribution in [2.24, 2.45) is 0 Å². The first-order valence-electron chi connectivity index (χ1n) is 9.80. The average molecular weight is 398 g/mol. The molecule has 1 heterocycles. The molecule has 0 saturated carbocycles. The van der Waals surface area contributed by atoms with Crippen LogP contribution in [0.3, 0.4) is 0 Å². The molecule has 30 heavy (non-hydrogen) atoms. The summed E-state index contributed by atoms with van der Waals surface area (Å²) in [6.07, 6.45) is -0.875. The first-order valence-corrected chi connectivity index (χ1v) is 9.80. The van der Waals surface area contributed by atoms with Gasteiger partial charge in [0.25, 0.3) is 0 Å². The Hall–Kier alpha value is -3.73. The van der Waals surface area contributed by atoms with Crippen molar-refractivity contribution in [1.29, 1.82) is 0 Å². The third-order valence-corrected chi connectivity index (χ3v) is 5.06. The molecule has 4 aromatic rings. The van der Waals surface area contributed by atoms with Gasteiger partial charge in [0.1, 0.15) is 5.82 Å². The number of esters is 1. The molecule has 4 rings (SSSR count). The first-order chi connectivity index (χ1) is 14.4. The van der Waals surface area contributed by atoms with Gasteiger partial charge in [0.05, 0.1) is 16.6 Å². The summed E-state index contributed by atoms with van der Waals surface area (Å²) in [7, 11) is 0. The summed E-state index contributed by atoms with van der Waals surface area (Å²) in [5.41, 5.74) is 4.56. The van der Waals surface area contributed by atoms with Crippen LogP contribution in [0.25, 0.3) is 16.7 Å². The van der Waals surface area contributed by atoms with Crippen LogP contribution in [0.4, 0.5) is 0 Å². The van der Waals surface area contributed by atoms with Gasteiger partial charge in [-0.25, -0.2) is 9.78 Å². The Kier molecular flexibility index (Phi) is 5.19. The van der Waals surface area contributed by atoms with Crippen LogP contribution in [-0.2, 0) is 4.74 Å². The number of carbonyl (C=O) groups excluding carboxylic acids is 2. The van der Waals surface area contributed by atoms with Gasteiger partial charge in [-0.1, -0.05) is 48.0 Å². The highest BCUT2D eigenvalue weighted by Crippen LogP contribution is 2.23. The molecule has 0 aliphatic rings. The van der Waals surface area contributed by atoms with Crippen LogP contribution >= 0.6 is 0 Å². The number of Topliss-reactive ketones (excluding diaryl/α,β-unsaturated/α-hetero) is 1. The lowest BCUT2D eigenvalue weighted by molar-refractivity contribution is 0.0319. The smallest absolute Gasteiger partial charge is 0.338 e. The lowest BCUT2D eigenvalue weighted by atomic mass is 10.1. The van der Waals surface area contributed by atoms with Crippen LogP contribution in [0.15, 0.2) is 72.8 Å². The molecule has 1 atom stereocenters. The van der Waals surface area contributed by atoms with E-state index in [0.717, 1.165) is 22.6 Å². The van der Waals surface area contributed by atoms with Crippen molar-refractivity contribution < 1.29 is 14.3 Å². The van der Waals surface area contributed by atoms with Crippen molar-refractivity contribution in [3.63, 3.8) is 0 Å². The first kappa shape index (κ1) is 19.6. The minimum atomic E-state index is -0.875. The SMILES string of the molecule is Cc1ccc(C(=O)[C@H](C)OC(=O)c2ccc3c(c2)nc(C)n3-c2ccccc2)cc1. The molecule has 0 N–H and O–H groups in total.